The van der Waals surface area contributed by atoms with Gasteiger partial charge in [-0.2, -0.15) is 0 Å². The molecule has 17 heavy (non-hydrogen) atoms. The van der Waals surface area contributed by atoms with Crippen LogP contribution in [0.4, 0.5) is 0 Å². The van der Waals surface area contributed by atoms with Gasteiger partial charge in [-0.1, -0.05) is 36.4 Å². The van der Waals surface area contributed by atoms with Crippen LogP contribution in [0.2, 0.25) is 5.02 Å². The predicted molar refractivity (Wildman–Crippen MR) is 64.8 cm³/mol. The number of hydrogen-bond donors (Lipinski definition) is 0. The maximum atomic E-state index is 11.6. The van der Waals surface area contributed by atoms with Crippen molar-refractivity contribution in [2.75, 3.05) is 6.61 Å². The summed E-state index contributed by atoms with van der Waals surface area (Å²) in [5.74, 6) is -0.359. The third-order valence-corrected chi connectivity index (χ3v) is 3.03. The van der Waals surface area contributed by atoms with E-state index in [0.717, 1.165) is 5.56 Å². The summed E-state index contributed by atoms with van der Waals surface area (Å²) in [5, 5.41) is 0.656. The van der Waals surface area contributed by atoms with Crippen molar-refractivity contribution in [1.29, 1.82) is 0 Å². The Balaban J connectivity index is 2.06. The molecule has 2 atom stereocenters. The van der Waals surface area contributed by atoms with Crippen molar-refractivity contribution in [2.24, 2.45) is 0 Å². The van der Waals surface area contributed by atoms with Crippen LogP contribution in [-0.2, 0) is 19.9 Å². The summed E-state index contributed by atoms with van der Waals surface area (Å²) >= 11 is 5.81. The van der Waals surface area contributed by atoms with Crippen LogP contribution in [0.25, 0.3) is 0 Å². The molecule has 0 N–H and O–H groups in total. The topological polar surface area (TPSA) is 38.8 Å². The van der Waals surface area contributed by atoms with Crippen LogP contribution in [0, 0.1) is 0 Å². The largest absolute Gasteiger partial charge is 0.459 e. The van der Waals surface area contributed by atoms with Crippen LogP contribution >= 0.6 is 11.6 Å². The molecule has 0 spiro atoms. The predicted octanol–water partition coefficient (Wildman–Crippen LogP) is 2.68. The fourth-order valence-corrected chi connectivity index (χ4v) is 1.83. The van der Waals surface area contributed by atoms with Crippen molar-refractivity contribution in [3.63, 3.8) is 0 Å². The standard InChI is InChI=1S/C13H13ClO3/c1-3-8-16-12(15)11-13(2,17-11)9-4-6-10(14)7-5-9/h3-7,11H,1,8H2,2H3. The lowest BCUT2D eigenvalue weighted by Crippen LogP contribution is -2.18. The SMILES string of the molecule is C=CCOC(=O)C1OC1(C)c1ccc(Cl)cc1. The highest BCUT2D eigenvalue weighted by atomic mass is 35.5. The molecule has 90 valence electrons. The normalized spacial score (nSPS) is 26.4. The first-order valence-electron chi connectivity index (χ1n) is 5.29. The highest BCUT2D eigenvalue weighted by Crippen LogP contribution is 2.46. The molecular formula is C13H13ClO3. The second kappa shape index (κ2) is 4.51. The molecule has 0 aromatic heterocycles. The van der Waals surface area contributed by atoms with E-state index in [4.69, 9.17) is 21.1 Å². The van der Waals surface area contributed by atoms with E-state index in [0.29, 0.717) is 5.02 Å². The molecule has 1 fully saturated rings. The van der Waals surface area contributed by atoms with E-state index in [1.165, 1.54) is 6.08 Å². The molecule has 0 aliphatic carbocycles. The molecule has 3 nitrogen and oxygen atoms in total. The van der Waals surface area contributed by atoms with Crippen molar-refractivity contribution in [1.82, 2.24) is 0 Å². The summed E-state index contributed by atoms with van der Waals surface area (Å²) < 4.78 is 10.4. The van der Waals surface area contributed by atoms with Crippen molar-refractivity contribution in [2.45, 2.75) is 18.6 Å². The highest BCUT2D eigenvalue weighted by Gasteiger charge is 2.59. The van der Waals surface area contributed by atoms with Gasteiger partial charge in [-0.15, -0.1) is 0 Å². The lowest BCUT2D eigenvalue weighted by Gasteiger charge is -2.06. The molecule has 1 aliphatic rings. The highest BCUT2D eigenvalue weighted by molar-refractivity contribution is 6.30. The first-order chi connectivity index (χ1) is 8.08. The average molecular weight is 253 g/mol. The molecule has 1 aromatic carbocycles. The van der Waals surface area contributed by atoms with Gasteiger partial charge in [-0.25, -0.2) is 4.79 Å². The van der Waals surface area contributed by atoms with E-state index in [1.54, 1.807) is 12.1 Å². The van der Waals surface area contributed by atoms with Gasteiger partial charge in [0.25, 0.3) is 0 Å². The lowest BCUT2D eigenvalue weighted by molar-refractivity contribution is -0.143. The Morgan fingerprint density at radius 1 is 1.59 bits per heavy atom. The Labute approximate surface area is 105 Å². The summed E-state index contributed by atoms with van der Waals surface area (Å²) in [6.07, 6.45) is 0.989. The number of hydrogen-bond acceptors (Lipinski definition) is 3. The molecule has 1 saturated heterocycles. The van der Waals surface area contributed by atoms with Crippen LogP contribution in [0.1, 0.15) is 12.5 Å². The minimum absolute atomic E-state index is 0.204. The number of rotatable bonds is 4. The summed E-state index contributed by atoms with van der Waals surface area (Å²) in [7, 11) is 0. The average Bonchev–Trinajstić information content (AvgIpc) is 3.01. The Hall–Kier alpha value is -1.32. The second-order valence-electron chi connectivity index (χ2n) is 4.03. The van der Waals surface area contributed by atoms with Gasteiger partial charge in [0, 0.05) is 5.02 Å². The number of epoxide rings is 1. The van der Waals surface area contributed by atoms with Gasteiger partial charge < -0.3 is 9.47 Å². The van der Waals surface area contributed by atoms with Gasteiger partial charge in [-0.05, 0) is 24.6 Å². The zero-order valence-corrected chi connectivity index (χ0v) is 10.2. The van der Waals surface area contributed by atoms with Crippen LogP contribution in [-0.4, -0.2) is 18.7 Å². The molecular weight excluding hydrogens is 240 g/mol. The summed E-state index contributed by atoms with van der Waals surface area (Å²) in [6, 6.07) is 7.25. The van der Waals surface area contributed by atoms with Crippen molar-refractivity contribution in [3.05, 3.63) is 47.5 Å². The van der Waals surface area contributed by atoms with Crippen LogP contribution in [0.15, 0.2) is 36.9 Å². The zero-order chi connectivity index (χ0) is 12.5. The monoisotopic (exact) mass is 252 g/mol. The molecule has 0 amide bonds. The fraction of sp³-hybridized carbons (Fsp3) is 0.308. The third kappa shape index (κ3) is 2.35. The third-order valence-electron chi connectivity index (χ3n) is 2.78. The Morgan fingerprint density at radius 3 is 2.82 bits per heavy atom. The molecule has 0 radical (unpaired) electrons. The van der Waals surface area contributed by atoms with Gasteiger partial charge in [-0.3, -0.25) is 0 Å². The van der Waals surface area contributed by atoms with Gasteiger partial charge in [0.2, 0.25) is 0 Å². The van der Waals surface area contributed by atoms with E-state index in [9.17, 15) is 4.79 Å². The molecule has 2 rings (SSSR count). The van der Waals surface area contributed by atoms with Crippen LogP contribution < -0.4 is 0 Å². The number of carbonyl (C=O) groups excluding carboxylic acids is 1. The van der Waals surface area contributed by atoms with Gasteiger partial charge in [0.1, 0.15) is 12.2 Å². The second-order valence-corrected chi connectivity index (χ2v) is 4.47. The van der Waals surface area contributed by atoms with E-state index in [1.807, 2.05) is 19.1 Å². The number of ether oxygens (including phenoxy) is 2. The maximum Gasteiger partial charge on any atom is 0.339 e. The molecule has 0 saturated carbocycles. The number of benzene rings is 1. The van der Waals surface area contributed by atoms with Crippen molar-refractivity contribution in [3.8, 4) is 0 Å². The smallest absolute Gasteiger partial charge is 0.339 e. The number of esters is 1. The van der Waals surface area contributed by atoms with E-state index in [2.05, 4.69) is 6.58 Å². The Morgan fingerprint density at radius 2 is 2.24 bits per heavy atom. The molecule has 1 heterocycles. The Bertz CT molecular complexity index is 440. The first-order valence-corrected chi connectivity index (χ1v) is 5.67. The number of halogens is 1. The Kier molecular flexibility index (Phi) is 3.22. The number of carbonyl (C=O) groups is 1. The molecule has 1 aromatic rings. The molecule has 0 bridgehead atoms. The van der Waals surface area contributed by atoms with Crippen LogP contribution in [0.3, 0.4) is 0 Å². The van der Waals surface area contributed by atoms with Gasteiger partial charge in [0.05, 0.1) is 0 Å². The lowest BCUT2D eigenvalue weighted by atomic mass is 9.97. The minimum Gasteiger partial charge on any atom is -0.459 e. The molecule has 2 unspecified atom stereocenters. The van der Waals surface area contributed by atoms with Gasteiger partial charge in [0.15, 0.2) is 6.10 Å². The van der Waals surface area contributed by atoms with Gasteiger partial charge >= 0.3 is 5.97 Å². The summed E-state index contributed by atoms with van der Waals surface area (Å²) in [5.41, 5.74) is 0.325. The fourth-order valence-electron chi connectivity index (χ4n) is 1.70. The summed E-state index contributed by atoms with van der Waals surface area (Å²) in [4.78, 5) is 11.6. The quantitative estimate of drug-likeness (QED) is 0.470. The first kappa shape index (κ1) is 12.1. The van der Waals surface area contributed by atoms with E-state index >= 15 is 0 Å². The van der Waals surface area contributed by atoms with Crippen molar-refractivity contribution >= 4 is 17.6 Å². The molecule has 4 heteroatoms. The summed E-state index contributed by atoms with van der Waals surface area (Å²) in [6.45, 7) is 5.54. The van der Waals surface area contributed by atoms with E-state index < -0.39 is 11.7 Å². The minimum atomic E-state index is -0.594. The molecule has 1 aliphatic heterocycles. The van der Waals surface area contributed by atoms with E-state index in [-0.39, 0.29) is 12.6 Å². The van der Waals surface area contributed by atoms with Crippen molar-refractivity contribution < 1.29 is 14.3 Å². The zero-order valence-electron chi connectivity index (χ0n) is 9.48. The van der Waals surface area contributed by atoms with Crippen LogP contribution in [0.5, 0.6) is 0 Å². The maximum absolute atomic E-state index is 11.6.